The molecule has 1 aromatic carbocycles. The molecule has 0 radical (unpaired) electrons. The van der Waals surface area contributed by atoms with Gasteiger partial charge >= 0.3 is 5.97 Å². The van der Waals surface area contributed by atoms with Crippen LogP contribution in [0, 0.1) is 5.92 Å². The molecule has 6 heteroatoms. The van der Waals surface area contributed by atoms with Crippen molar-refractivity contribution < 1.29 is 14.6 Å². The number of ether oxygens (including phenoxy) is 1. The van der Waals surface area contributed by atoms with Crippen molar-refractivity contribution in [1.82, 2.24) is 4.90 Å². The van der Waals surface area contributed by atoms with Crippen molar-refractivity contribution >= 4 is 29.2 Å². The van der Waals surface area contributed by atoms with Crippen LogP contribution in [0.5, 0.6) is 5.75 Å². The number of benzene rings is 1. The minimum atomic E-state index is -0.758. The number of halogens is 2. The number of hydrogen-bond donors (Lipinski definition) is 1. The van der Waals surface area contributed by atoms with Crippen LogP contribution in [0.15, 0.2) is 18.2 Å². The number of likely N-dealkylation sites (tertiary alicyclic amines) is 1. The first kappa shape index (κ1) is 16.4. The third-order valence-electron chi connectivity index (χ3n) is 3.82. The average molecular weight is 332 g/mol. The fraction of sp³-hybridized carbons (Fsp3) is 0.533. The Balaban J connectivity index is 1.91. The van der Waals surface area contributed by atoms with Crippen molar-refractivity contribution in [3.63, 3.8) is 0 Å². The quantitative estimate of drug-likeness (QED) is 0.896. The summed E-state index contributed by atoms with van der Waals surface area (Å²) in [7, 11) is 0. The summed E-state index contributed by atoms with van der Waals surface area (Å²) in [5, 5.41) is 10.4. The third kappa shape index (κ3) is 4.25. The monoisotopic (exact) mass is 331 g/mol. The summed E-state index contributed by atoms with van der Waals surface area (Å²) in [4.78, 5) is 13.4. The van der Waals surface area contributed by atoms with Crippen molar-refractivity contribution in [1.29, 1.82) is 0 Å². The summed E-state index contributed by atoms with van der Waals surface area (Å²) in [6.45, 7) is 3.75. The number of hydrogen-bond acceptors (Lipinski definition) is 3. The van der Waals surface area contributed by atoms with Gasteiger partial charge in [0.05, 0.1) is 5.02 Å². The van der Waals surface area contributed by atoms with Crippen LogP contribution < -0.4 is 4.74 Å². The highest BCUT2D eigenvalue weighted by Gasteiger charge is 2.33. The SMILES string of the molecule is CC1CCCN(CCOc2ccc(Cl)cc2Cl)C1C(=O)O. The van der Waals surface area contributed by atoms with Gasteiger partial charge in [-0.15, -0.1) is 0 Å². The summed E-state index contributed by atoms with van der Waals surface area (Å²) < 4.78 is 5.63. The Morgan fingerprint density at radius 2 is 2.24 bits per heavy atom. The van der Waals surface area contributed by atoms with E-state index in [4.69, 9.17) is 27.9 Å². The molecular weight excluding hydrogens is 313 g/mol. The maximum atomic E-state index is 11.4. The van der Waals surface area contributed by atoms with Crippen LogP contribution in [-0.4, -0.2) is 41.7 Å². The van der Waals surface area contributed by atoms with Crippen LogP contribution in [0.4, 0.5) is 0 Å². The molecule has 21 heavy (non-hydrogen) atoms. The van der Waals surface area contributed by atoms with Gasteiger partial charge in [0.2, 0.25) is 0 Å². The Labute approximate surface area is 134 Å². The summed E-state index contributed by atoms with van der Waals surface area (Å²) in [5.74, 6) is -0.0277. The Bertz CT molecular complexity index is 510. The zero-order valence-electron chi connectivity index (χ0n) is 11.9. The summed E-state index contributed by atoms with van der Waals surface area (Å²) in [6.07, 6.45) is 1.98. The van der Waals surface area contributed by atoms with E-state index >= 15 is 0 Å². The predicted octanol–water partition coefficient (Wildman–Crippen LogP) is 3.56. The van der Waals surface area contributed by atoms with E-state index in [0.29, 0.717) is 28.9 Å². The van der Waals surface area contributed by atoms with Gasteiger partial charge in [-0.3, -0.25) is 9.69 Å². The fourth-order valence-corrected chi connectivity index (χ4v) is 3.25. The lowest BCUT2D eigenvalue weighted by atomic mass is 9.91. The molecular formula is C15H19Cl2NO3. The first-order valence-electron chi connectivity index (χ1n) is 7.03. The van der Waals surface area contributed by atoms with Crippen molar-refractivity contribution in [2.75, 3.05) is 19.7 Å². The molecule has 1 heterocycles. The lowest BCUT2D eigenvalue weighted by molar-refractivity contribution is -0.147. The number of carboxylic acid groups (broad SMARTS) is 1. The smallest absolute Gasteiger partial charge is 0.321 e. The largest absolute Gasteiger partial charge is 0.491 e. The zero-order chi connectivity index (χ0) is 15.4. The zero-order valence-corrected chi connectivity index (χ0v) is 13.4. The maximum absolute atomic E-state index is 11.4. The highest BCUT2D eigenvalue weighted by molar-refractivity contribution is 6.35. The maximum Gasteiger partial charge on any atom is 0.321 e. The van der Waals surface area contributed by atoms with Gasteiger partial charge in [0.15, 0.2) is 0 Å². The van der Waals surface area contributed by atoms with Gasteiger partial charge in [-0.25, -0.2) is 0 Å². The molecule has 116 valence electrons. The molecule has 2 atom stereocenters. The number of aliphatic carboxylic acids is 1. The third-order valence-corrected chi connectivity index (χ3v) is 4.35. The minimum Gasteiger partial charge on any atom is -0.491 e. The molecule has 4 nitrogen and oxygen atoms in total. The topological polar surface area (TPSA) is 49.8 Å². The fourth-order valence-electron chi connectivity index (χ4n) is 2.79. The van der Waals surface area contributed by atoms with Crippen LogP contribution in [0.3, 0.4) is 0 Å². The van der Waals surface area contributed by atoms with Gasteiger partial charge in [-0.1, -0.05) is 30.1 Å². The molecule has 2 unspecified atom stereocenters. The number of piperidine rings is 1. The Morgan fingerprint density at radius 3 is 2.90 bits per heavy atom. The molecule has 1 aromatic rings. The minimum absolute atomic E-state index is 0.162. The molecule has 0 saturated carbocycles. The van der Waals surface area contributed by atoms with E-state index in [9.17, 15) is 9.90 Å². The Kier molecular flexibility index (Phi) is 5.73. The Morgan fingerprint density at radius 1 is 1.48 bits per heavy atom. The molecule has 0 aromatic heterocycles. The highest BCUT2D eigenvalue weighted by Crippen LogP contribution is 2.28. The second-order valence-corrected chi connectivity index (χ2v) is 6.21. The summed E-state index contributed by atoms with van der Waals surface area (Å²) in [6, 6.07) is 4.63. The average Bonchev–Trinajstić information content (AvgIpc) is 2.41. The van der Waals surface area contributed by atoms with Gasteiger partial charge in [0.25, 0.3) is 0 Å². The number of carbonyl (C=O) groups is 1. The van der Waals surface area contributed by atoms with Crippen molar-refractivity contribution in [3.05, 3.63) is 28.2 Å². The first-order valence-corrected chi connectivity index (χ1v) is 7.79. The van der Waals surface area contributed by atoms with E-state index in [2.05, 4.69) is 0 Å². The predicted molar refractivity (Wildman–Crippen MR) is 83.4 cm³/mol. The summed E-state index contributed by atoms with van der Waals surface area (Å²) in [5.41, 5.74) is 0. The van der Waals surface area contributed by atoms with Gasteiger partial charge in [-0.2, -0.15) is 0 Å². The van der Waals surface area contributed by atoms with E-state index < -0.39 is 12.0 Å². The van der Waals surface area contributed by atoms with Crippen molar-refractivity contribution in [2.45, 2.75) is 25.8 Å². The van der Waals surface area contributed by atoms with E-state index in [0.717, 1.165) is 19.4 Å². The molecule has 0 bridgehead atoms. The molecule has 0 amide bonds. The number of carboxylic acids is 1. The molecule has 1 aliphatic heterocycles. The van der Waals surface area contributed by atoms with Crippen LogP contribution in [-0.2, 0) is 4.79 Å². The van der Waals surface area contributed by atoms with Crippen molar-refractivity contribution in [3.8, 4) is 5.75 Å². The standard InChI is InChI=1S/C15H19Cl2NO3/c1-10-3-2-6-18(14(10)15(19)20)7-8-21-13-5-4-11(16)9-12(13)17/h4-5,9-10,14H,2-3,6-8H2,1H3,(H,19,20). The molecule has 1 N–H and O–H groups in total. The van der Waals surface area contributed by atoms with Gasteiger partial charge in [0.1, 0.15) is 18.4 Å². The molecule has 2 rings (SSSR count). The van der Waals surface area contributed by atoms with Gasteiger partial charge in [0, 0.05) is 11.6 Å². The molecule has 1 saturated heterocycles. The van der Waals surface area contributed by atoms with Crippen LogP contribution in [0.1, 0.15) is 19.8 Å². The van der Waals surface area contributed by atoms with Crippen molar-refractivity contribution in [2.24, 2.45) is 5.92 Å². The molecule has 1 fully saturated rings. The molecule has 0 aliphatic carbocycles. The van der Waals surface area contributed by atoms with Gasteiger partial charge < -0.3 is 9.84 Å². The second kappa shape index (κ2) is 7.34. The van der Waals surface area contributed by atoms with Crippen LogP contribution in [0.25, 0.3) is 0 Å². The van der Waals surface area contributed by atoms with E-state index in [-0.39, 0.29) is 5.92 Å². The van der Waals surface area contributed by atoms with E-state index in [1.165, 1.54) is 0 Å². The Hall–Kier alpha value is -0.970. The van der Waals surface area contributed by atoms with E-state index in [1.807, 2.05) is 11.8 Å². The normalized spacial score (nSPS) is 23.0. The molecule has 1 aliphatic rings. The van der Waals surface area contributed by atoms with Gasteiger partial charge in [-0.05, 0) is 43.5 Å². The lowest BCUT2D eigenvalue weighted by Crippen LogP contribution is -2.50. The van der Waals surface area contributed by atoms with E-state index in [1.54, 1.807) is 18.2 Å². The second-order valence-electron chi connectivity index (χ2n) is 5.36. The summed E-state index contributed by atoms with van der Waals surface area (Å²) >= 11 is 11.9. The first-order chi connectivity index (χ1) is 9.99. The van der Waals surface area contributed by atoms with Crippen LogP contribution >= 0.6 is 23.2 Å². The van der Waals surface area contributed by atoms with Crippen LogP contribution in [0.2, 0.25) is 10.0 Å². The highest BCUT2D eigenvalue weighted by atomic mass is 35.5. The number of rotatable bonds is 5. The number of nitrogens with zero attached hydrogens (tertiary/aromatic N) is 1. The lowest BCUT2D eigenvalue weighted by Gasteiger charge is -2.37. The molecule has 0 spiro atoms.